The van der Waals surface area contributed by atoms with Gasteiger partial charge < -0.3 is 29.9 Å². The van der Waals surface area contributed by atoms with Gasteiger partial charge in [-0.1, -0.05) is 18.2 Å². The molecule has 4 N–H and O–H groups in total. The van der Waals surface area contributed by atoms with Crippen LogP contribution in [0, 0.1) is 6.92 Å². The van der Waals surface area contributed by atoms with Gasteiger partial charge in [-0.25, -0.2) is 0 Å². The summed E-state index contributed by atoms with van der Waals surface area (Å²) in [5.74, 6) is 0.306. The van der Waals surface area contributed by atoms with E-state index in [2.05, 4.69) is 11.7 Å². The minimum Gasteiger partial charge on any atom is -0.443 e. The molecule has 2 rings (SSSR count). The van der Waals surface area contributed by atoms with Crippen LogP contribution in [0.3, 0.4) is 0 Å². The minimum absolute atomic E-state index is 0.103. The molecule has 0 aliphatic carbocycles. The molecule has 6 atom stereocenters. The number of aromatic nitrogens is 2. The number of nitrogens with zero attached hydrogens (tertiary/aromatic N) is 2. The first-order valence-corrected chi connectivity index (χ1v) is 9.57. The molecule has 8 nitrogen and oxygen atoms in total. The van der Waals surface area contributed by atoms with E-state index >= 15 is 0 Å². The number of ether oxygens (including phenoxy) is 2. The molecule has 3 unspecified atom stereocenters. The molecule has 1 aromatic heterocycles. The second kappa shape index (κ2) is 9.67. The highest BCUT2D eigenvalue weighted by Gasteiger charge is 2.43. The highest BCUT2D eigenvalue weighted by molar-refractivity contribution is 5.33. The van der Waals surface area contributed by atoms with Gasteiger partial charge in [0.1, 0.15) is 18.3 Å². The predicted octanol–water partition coefficient (Wildman–Crippen LogP) is 1.01. The molecule has 0 bridgehead atoms. The van der Waals surface area contributed by atoms with Gasteiger partial charge in [-0.3, -0.25) is 4.68 Å². The first kappa shape index (κ1) is 22.6. The Labute approximate surface area is 165 Å². The molecule has 0 radical (unpaired) electrons. The maximum absolute atomic E-state index is 10.2. The molecule has 158 valence electrons. The fourth-order valence-corrected chi connectivity index (χ4v) is 3.11. The molecular formula is C20H32N2O6. The third-order valence-electron chi connectivity index (χ3n) is 4.90. The van der Waals surface area contributed by atoms with Gasteiger partial charge in [0.05, 0.1) is 12.2 Å². The van der Waals surface area contributed by atoms with Crippen LogP contribution in [0.4, 0.5) is 0 Å². The average molecular weight is 396 g/mol. The maximum atomic E-state index is 10.2. The van der Waals surface area contributed by atoms with Crippen molar-refractivity contribution in [2.24, 2.45) is 0 Å². The van der Waals surface area contributed by atoms with E-state index in [-0.39, 0.29) is 6.04 Å². The van der Waals surface area contributed by atoms with E-state index in [1.54, 1.807) is 6.92 Å². The number of aliphatic hydroxyl groups excluding tert-OH is 4. The Morgan fingerprint density at radius 2 is 1.89 bits per heavy atom. The molecule has 28 heavy (non-hydrogen) atoms. The topological polar surface area (TPSA) is 117 Å². The van der Waals surface area contributed by atoms with Gasteiger partial charge in [0.15, 0.2) is 0 Å². The molecular weight excluding hydrogens is 364 g/mol. The van der Waals surface area contributed by atoms with Gasteiger partial charge >= 0.3 is 0 Å². The molecule has 0 amide bonds. The van der Waals surface area contributed by atoms with E-state index in [1.807, 2.05) is 37.6 Å². The van der Waals surface area contributed by atoms with Crippen molar-refractivity contribution in [3.8, 4) is 5.88 Å². The van der Waals surface area contributed by atoms with Gasteiger partial charge in [-0.05, 0) is 40.5 Å². The van der Waals surface area contributed by atoms with Crippen LogP contribution in [0.2, 0.25) is 0 Å². The van der Waals surface area contributed by atoms with Gasteiger partial charge in [-0.2, -0.15) is 0 Å². The Balaban J connectivity index is 2.22. The maximum Gasteiger partial charge on any atom is 0.239 e. The van der Waals surface area contributed by atoms with Crippen molar-refractivity contribution in [2.45, 2.75) is 83.4 Å². The fraction of sp³-hybridized carbons (Fsp3) is 0.650. The summed E-state index contributed by atoms with van der Waals surface area (Å²) in [7, 11) is 0. The van der Waals surface area contributed by atoms with Crippen LogP contribution >= 0.6 is 0 Å². The van der Waals surface area contributed by atoms with Crippen LogP contribution in [0.5, 0.6) is 5.88 Å². The van der Waals surface area contributed by atoms with Crippen LogP contribution in [0.15, 0.2) is 24.8 Å². The Morgan fingerprint density at radius 1 is 1.21 bits per heavy atom. The molecule has 1 aromatic rings. The van der Waals surface area contributed by atoms with E-state index in [4.69, 9.17) is 9.47 Å². The van der Waals surface area contributed by atoms with Crippen molar-refractivity contribution >= 4 is 0 Å². The van der Waals surface area contributed by atoms with Gasteiger partial charge in [0.25, 0.3) is 0 Å². The third-order valence-corrected chi connectivity index (χ3v) is 4.90. The summed E-state index contributed by atoms with van der Waals surface area (Å²) in [6, 6.07) is 0.103. The van der Waals surface area contributed by atoms with Crippen molar-refractivity contribution < 1.29 is 29.9 Å². The zero-order valence-electron chi connectivity index (χ0n) is 16.9. The quantitative estimate of drug-likeness (QED) is 0.485. The summed E-state index contributed by atoms with van der Waals surface area (Å²) < 4.78 is 13.2. The summed E-state index contributed by atoms with van der Waals surface area (Å²) in [5, 5.41) is 44.1. The van der Waals surface area contributed by atoms with E-state index in [0.29, 0.717) is 18.7 Å². The molecule has 0 spiro atoms. The molecule has 1 saturated heterocycles. The standard InChI is InChI=1S/C20H32N2O6/c1-6-14(23)9-7-8-10-15-12(4)22(11(2)3)21-19(15)28-20-18(26)17(25)16(24)13(5)27-20/h6-8,11,13-14,16-18,20,23-26H,1,9-10H2,2-5H3/t13?,14?,16-,17+,18?,20+/m1/s1. The second-order valence-electron chi connectivity index (χ2n) is 7.42. The zero-order valence-corrected chi connectivity index (χ0v) is 16.9. The summed E-state index contributed by atoms with van der Waals surface area (Å²) in [6.45, 7) is 11.1. The second-order valence-corrected chi connectivity index (χ2v) is 7.42. The fourth-order valence-electron chi connectivity index (χ4n) is 3.11. The van der Waals surface area contributed by atoms with Crippen LogP contribution in [-0.2, 0) is 11.2 Å². The van der Waals surface area contributed by atoms with Gasteiger partial charge in [0, 0.05) is 17.3 Å². The van der Waals surface area contributed by atoms with E-state index < -0.39 is 36.8 Å². The van der Waals surface area contributed by atoms with E-state index in [9.17, 15) is 20.4 Å². The smallest absolute Gasteiger partial charge is 0.239 e. The lowest BCUT2D eigenvalue weighted by molar-refractivity contribution is -0.269. The molecule has 2 heterocycles. The lowest BCUT2D eigenvalue weighted by Gasteiger charge is -2.38. The molecule has 0 aromatic carbocycles. The first-order chi connectivity index (χ1) is 13.2. The highest BCUT2D eigenvalue weighted by atomic mass is 16.7. The molecule has 1 fully saturated rings. The molecule has 0 saturated carbocycles. The molecule has 8 heteroatoms. The van der Waals surface area contributed by atoms with Crippen molar-refractivity contribution in [3.63, 3.8) is 0 Å². The predicted molar refractivity (Wildman–Crippen MR) is 104 cm³/mol. The van der Waals surface area contributed by atoms with Crippen molar-refractivity contribution in [2.75, 3.05) is 0 Å². The van der Waals surface area contributed by atoms with E-state index in [0.717, 1.165) is 11.3 Å². The largest absolute Gasteiger partial charge is 0.443 e. The zero-order chi connectivity index (χ0) is 21.0. The minimum atomic E-state index is -1.40. The first-order valence-electron chi connectivity index (χ1n) is 9.57. The molecule has 1 aliphatic rings. The Morgan fingerprint density at radius 3 is 2.50 bits per heavy atom. The molecule has 1 aliphatic heterocycles. The van der Waals surface area contributed by atoms with Crippen LogP contribution in [-0.4, -0.2) is 67.0 Å². The van der Waals surface area contributed by atoms with Crippen molar-refractivity contribution in [1.29, 1.82) is 0 Å². The number of hydrogen-bond acceptors (Lipinski definition) is 7. The monoisotopic (exact) mass is 396 g/mol. The summed E-state index contributed by atoms with van der Waals surface area (Å²) in [5.41, 5.74) is 1.74. The van der Waals surface area contributed by atoms with Crippen LogP contribution in [0.25, 0.3) is 0 Å². The Bertz CT molecular complexity index is 686. The summed E-state index contributed by atoms with van der Waals surface area (Å²) >= 11 is 0. The normalized spacial score (nSPS) is 29.4. The summed E-state index contributed by atoms with van der Waals surface area (Å²) in [6.07, 6.45) is -0.172. The number of allylic oxidation sites excluding steroid dienone is 1. The van der Waals surface area contributed by atoms with E-state index in [1.165, 1.54) is 6.08 Å². The number of hydrogen-bond donors (Lipinski definition) is 4. The lowest BCUT2D eigenvalue weighted by atomic mass is 10.00. The Kier molecular flexibility index (Phi) is 7.79. The summed E-state index contributed by atoms with van der Waals surface area (Å²) in [4.78, 5) is 0. The SMILES string of the molecule is C=CC(O)CC=CCc1c(O[C@@H]2OC(C)[C@@H](O)[C@H](O)C2O)nn(C(C)C)c1C. The average Bonchev–Trinajstić information content (AvgIpc) is 2.97. The lowest BCUT2D eigenvalue weighted by Crippen LogP contribution is -2.58. The number of aliphatic hydroxyl groups is 4. The highest BCUT2D eigenvalue weighted by Crippen LogP contribution is 2.29. The number of rotatable bonds is 8. The van der Waals surface area contributed by atoms with Crippen molar-refractivity contribution in [1.82, 2.24) is 9.78 Å². The Hall–Kier alpha value is -1.71. The third kappa shape index (κ3) is 5.01. The van der Waals surface area contributed by atoms with Crippen LogP contribution < -0.4 is 4.74 Å². The van der Waals surface area contributed by atoms with Crippen molar-refractivity contribution in [3.05, 3.63) is 36.1 Å². The van der Waals surface area contributed by atoms with Crippen LogP contribution in [0.1, 0.15) is 44.5 Å². The van der Waals surface area contributed by atoms with Gasteiger partial charge in [0.2, 0.25) is 12.2 Å². The van der Waals surface area contributed by atoms with Gasteiger partial charge in [-0.15, -0.1) is 11.7 Å².